The molecule has 0 aliphatic heterocycles. The third kappa shape index (κ3) is 13.2. The molecule has 0 N–H and O–H groups in total. The SMILES string of the molecule is C1=CCCC=C1.[C-]#[O+].[CH]1C=CC=CCC1.[Fe]. The van der Waals surface area contributed by atoms with E-state index in [1.54, 1.807) is 0 Å². The molecule has 0 spiro atoms. The van der Waals surface area contributed by atoms with E-state index in [1.807, 2.05) is 0 Å². The van der Waals surface area contributed by atoms with Gasteiger partial charge in [0, 0.05) is 17.1 Å². The summed E-state index contributed by atoms with van der Waals surface area (Å²) in [4.78, 5) is 0. The van der Waals surface area contributed by atoms with Crippen LogP contribution in [0.1, 0.15) is 25.7 Å². The van der Waals surface area contributed by atoms with Crippen molar-refractivity contribution >= 4 is 0 Å². The van der Waals surface area contributed by atoms with Gasteiger partial charge in [-0.3, -0.25) is 0 Å². The number of allylic oxidation sites excluding steroid dienone is 8. The summed E-state index contributed by atoms with van der Waals surface area (Å²) >= 11 is 0. The van der Waals surface area contributed by atoms with Gasteiger partial charge in [0.2, 0.25) is 0 Å². The summed E-state index contributed by atoms with van der Waals surface area (Å²) in [7, 11) is 0. The molecule has 16 heavy (non-hydrogen) atoms. The van der Waals surface area contributed by atoms with E-state index >= 15 is 0 Å². The second-order valence-electron chi connectivity index (χ2n) is 3.06. The minimum Gasteiger partial charge on any atom is -0.0845 e. The van der Waals surface area contributed by atoms with Crippen molar-refractivity contribution in [3.63, 3.8) is 0 Å². The molecular formula is C14H17FeO. The predicted molar refractivity (Wildman–Crippen MR) is 63.3 cm³/mol. The summed E-state index contributed by atoms with van der Waals surface area (Å²) in [6, 6.07) is 0. The van der Waals surface area contributed by atoms with Crippen molar-refractivity contribution in [2.45, 2.75) is 25.7 Å². The van der Waals surface area contributed by atoms with Gasteiger partial charge in [-0.25, -0.2) is 0 Å². The quantitative estimate of drug-likeness (QED) is 0.356. The fourth-order valence-corrected chi connectivity index (χ4v) is 1.15. The second kappa shape index (κ2) is 16.6. The van der Waals surface area contributed by atoms with Gasteiger partial charge in [-0.15, -0.1) is 0 Å². The van der Waals surface area contributed by atoms with E-state index in [9.17, 15) is 0 Å². The molecule has 1 radical (unpaired) electrons. The summed E-state index contributed by atoms with van der Waals surface area (Å²) in [5, 5.41) is 0. The van der Waals surface area contributed by atoms with Gasteiger partial charge >= 0.3 is 11.3 Å². The monoisotopic (exact) mass is 257 g/mol. The minimum atomic E-state index is 0. The minimum absolute atomic E-state index is 0. The van der Waals surface area contributed by atoms with Gasteiger partial charge < -0.3 is 0 Å². The first-order valence-electron chi connectivity index (χ1n) is 5.17. The van der Waals surface area contributed by atoms with Crippen LogP contribution >= 0.6 is 0 Å². The van der Waals surface area contributed by atoms with Crippen LogP contribution in [0.25, 0.3) is 0 Å². The van der Waals surface area contributed by atoms with Crippen molar-refractivity contribution in [2.24, 2.45) is 0 Å². The van der Waals surface area contributed by atoms with Crippen LogP contribution in [-0.4, -0.2) is 0 Å². The average molecular weight is 257 g/mol. The Morgan fingerprint density at radius 2 is 1.06 bits per heavy atom. The molecule has 2 rings (SSSR count). The Balaban J connectivity index is 0. The van der Waals surface area contributed by atoms with Crippen LogP contribution in [0.5, 0.6) is 0 Å². The first-order chi connectivity index (χ1) is 7.50. The molecule has 1 nitrogen and oxygen atoms in total. The fourth-order valence-electron chi connectivity index (χ4n) is 1.15. The van der Waals surface area contributed by atoms with Crippen LogP contribution in [0, 0.1) is 13.1 Å². The maximum atomic E-state index is 7.50. The van der Waals surface area contributed by atoms with Gasteiger partial charge in [0.25, 0.3) is 0 Å². The van der Waals surface area contributed by atoms with E-state index in [2.05, 4.69) is 61.7 Å². The largest absolute Gasteiger partial charge is 0.0845 e. The number of rotatable bonds is 0. The van der Waals surface area contributed by atoms with E-state index < -0.39 is 0 Å². The van der Waals surface area contributed by atoms with Crippen molar-refractivity contribution in [2.75, 3.05) is 0 Å². The molecule has 87 valence electrons. The van der Waals surface area contributed by atoms with Crippen LogP contribution in [0.3, 0.4) is 0 Å². The molecule has 2 heteroatoms. The molecule has 0 bridgehead atoms. The van der Waals surface area contributed by atoms with E-state index in [0.29, 0.717) is 0 Å². The van der Waals surface area contributed by atoms with Crippen LogP contribution in [0.15, 0.2) is 48.6 Å². The molecule has 2 aliphatic carbocycles. The Morgan fingerprint density at radius 1 is 0.625 bits per heavy atom. The second-order valence-corrected chi connectivity index (χ2v) is 3.06. The van der Waals surface area contributed by atoms with E-state index in [-0.39, 0.29) is 17.1 Å². The van der Waals surface area contributed by atoms with Crippen molar-refractivity contribution in [3.05, 3.63) is 61.7 Å². The van der Waals surface area contributed by atoms with Gasteiger partial charge in [-0.2, -0.15) is 0 Å². The Labute approximate surface area is 109 Å². The smallest absolute Gasteiger partial charge is 0 e. The summed E-state index contributed by atoms with van der Waals surface area (Å²) < 4.78 is 7.50. The van der Waals surface area contributed by atoms with E-state index in [4.69, 9.17) is 4.65 Å². The molecule has 0 heterocycles. The third-order valence-corrected chi connectivity index (χ3v) is 1.88. The topological polar surface area (TPSA) is 19.9 Å². The van der Waals surface area contributed by atoms with Crippen LogP contribution in [-0.2, 0) is 21.7 Å². The Kier molecular flexibility index (Phi) is 18.3. The zero-order chi connectivity index (χ0) is 11.2. The van der Waals surface area contributed by atoms with E-state index in [1.165, 1.54) is 25.7 Å². The Morgan fingerprint density at radius 3 is 1.56 bits per heavy atom. The zero-order valence-electron chi connectivity index (χ0n) is 9.29. The van der Waals surface area contributed by atoms with Crippen molar-refractivity contribution in [1.29, 1.82) is 0 Å². The predicted octanol–water partition coefficient (Wildman–Crippen LogP) is 3.95. The van der Waals surface area contributed by atoms with Crippen LogP contribution < -0.4 is 0 Å². The summed E-state index contributed by atoms with van der Waals surface area (Å²) in [6.07, 6.45) is 24.0. The first kappa shape index (κ1) is 17.6. The average Bonchev–Trinajstić information content (AvgIpc) is 2.67. The van der Waals surface area contributed by atoms with Crippen molar-refractivity contribution < 1.29 is 21.7 Å². The summed E-state index contributed by atoms with van der Waals surface area (Å²) in [6.45, 7) is 4.50. The van der Waals surface area contributed by atoms with Crippen LogP contribution in [0.4, 0.5) is 0 Å². The number of hydrogen-bond donors (Lipinski definition) is 0. The molecule has 0 aromatic heterocycles. The van der Waals surface area contributed by atoms with Gasteiger partial charge in [0.05, 0.1) is 0 Å². The maximum Gasteiger partial charge on any atom is 0 e. The van der Waals surface area contributed by atoms with Crippen molar-refractivity contribution in [3.8, 4) is 0 Å². The zero-order valence-corrected chi connectivity index (χ0v) is 10.4. The molecule has 0 saturated carbocycles. The van der Waals surface area contributed by atoms with Gasteiger partial charge in [-0.1, -0.05) is 48.6 Å². The van der Waals surface area contributed by atoms with Crippen molar-refractivity contribution in [1.82, 2.24) is 0 Å². The fraction of sp³-hybridized carbons (Fsp3) is 0.286. The Bertz CT molecular complexity index is 235. The molecule has 0 aromatic carbocycles. The van der Waals surface area contributed by atoms with Gasteiger partial charge in [0.15, 0.2) is 0 Å². The third-order valence-electron chi connectivity index (χ3n) is 1.88. The maximum absolute atomic E-state index is 7.50. The molecule has 0 unspecified atom stereocenters. The number of hydrogen-bond acceptors (Lipinski definition) is 0. The molecule has 0 fully saturated rings. The molecular weight excluding hydrogens is 240 g/mol. The molecule has 0 aromatic rings. The van der Waals surface area contributed by atoms with Gasteiger partial charge in [-0.05, 0) is 32.1 Å². The molecule has 0 amide bonds. The summed E-state index contributed by atoms with van der Waals surface area (Å²) in [5.41, 5.74) is 0. The molecule has 2 aliphatic rings. The van der Waals surface area contributed by atoms with Gasteiger partial charge in [0.1, 0.15) is 0 Å². The molecule has 0 saturated heterocycles. The molecule has 0 atom stereocenters. The Hall–Kier alpha value is -0.781. The summed E-state index contributed by atoms with van der Waals surface area (Å²) in [5.74, 6) is 0. The van der Waals surface area contributed by atoms with E-state index in [0.717, 1.165) is 0 Å². The van der Waals surface area contributed by atoms with Crippen LogP contribution in [0.2, 0.25) is 0 Å². The normalized spacial score (nSPS) is 15.6. The first-order valence-corrected chi connectivity index (χ1v) is 5.17. The standard InChI is InChI=1S/C7H9.C6H8.CO.Fe/c1-2-4-6-7-5-3-1;1-2-4-6-5-3-1;1-2;/h1-5H,6-7H2;1-4H,5-6H2;;.